The number of halogens is 2. The van der Waals surface area contributed by atoms with E-state index in [1.54, 1.807) is 0 Å². The van der Waals surface area contributed by atoms with E-state index in [0.29, 0.717) is 13.0 Å². The van der Waals surface area contributed by atoms with Crippen molar-refractivity contribution < 1.29 is 4.79 Å². The van der Waals surface area contributed by atoms with Crippen molar-refractivity contribution >= 4 is 34.2 Å². The number of hydrogen-bond acceptors (Lipinski definition) is 2. The molecule has 0 aliphatic rings. The summed E-state index contributed by atoms with van der Waals surface area (Å²) in [4.78, 5) is 11.5. The fraction of sp³-hybridized carbons (Fsp3) is 0.462. The van der Waals surface area contributed by atoms with Crippen LogP contribution in [0, 0.1) is 13.8 Å². The highest BCUT2D eigenvalue weighted by atomic mass is 79.9. The van der Waals surface area contributed by atoms with Gasteiger partial charge in [-0.3, -0.25) is 4.79 Å². The van der Waals surface area contributed by atoms with E-state index in [9.17, 15) is 4.79 Å². The molecule has 0 saturated heterocycles. The molecule has 0 spiro atoms. The summed E-state index contributed by atoms with van der Waals surface area (Å²) < 4.78 is 1.07. The Morgan fingerprint density at radius 2 is 1.89 bits per heavy atom. The Hall–Kier alpha value is -0.580. The Labute approximate surface area is 123 Å². The van der Waals surface area contributed by atoms with Crippen LogP contribution < -0.4 is 11.1 Å². The molecule has 1 amide bonds. The fourth-order valence-electron chi connectivity index (χ4n) is 1.77. The SMILES string of the molecule is Cc1cc(Br)cc(C)c1CNC(=O)CC(C)N.Cl. The van der Waals surface area contributed by atoms with Crippen molar-refractivity contribution in [1.82, 2.24) is 5.32 Å². The number of nitrogens with one attached hydrogen (secondary N) is 1. The maximum atomic E-state index is 11.5. The van der Waals surface area contributed by atoms with Crippen molar-refractivity contribution in [2.75, 3.05) is 0 Å². The van der Waals surface area contributed by atoms with Crippen molar-refractivity contribution in [3.05, 3.63) is 33.3 Å². The number of benzene rings is 1. The molecule has 3 nitrogen and oxygen atoms in total. The Bertz CT molecular complexity index is 398. The molecule has 1 unspecified atom stereocenters. The zero-order valence-electron chi connectivity index (χ0n) is 10.9. The Balaban J connectivity index is 0.00000289. The number of amides is 1. The van der Waals surface area contributed by atoms with Crippen LogP contribution in [0.3, 0.4) is 0 Å². The van der Waals surface area contributed by atoms with Gasteiger partial charge in [0.05, 0.1) is 0 Å². The van der Waals surface area contributed by atoms with E-state index in [4.69, 9.17) is 5.73 Å². The van der Waals surface area contributed by atoms with Crippen LogP contribution in [0.1, 0.15) is 30.0 Å². The highest BCUT2D eigenvalue weighted by Gasteiger charge is 2.08. The Morgan fingerprint density at radius 1 is 1.39 bits per heavy atom. The van der Waals surface area contributed by atoms with E-state index < -0.39 is 0 Å². The average molecular weight is 336 g/mol. The first kappa shape index (κ1) is 17.4. The Morgan fingerprint density at radius 3 is 2.33 bits per heavy atom. The molecule has 0 radical (unpaired) electrons. The lowest BCUT2D eigenvalue weighted by Gasteiger charge is -2.12. The van der Waals surface area contributed by atoms with Crippen LogP contribution in [-0.4, -0.2) is 11.9 Å². The topological polar surface area (TPSA) is 55.1 Å². The van der Waals surface area contributed by atoms with Gasteiger partial charge in [-0.1, -0.05) is 15.9 Å². The minimum Gasteiger partial charge on any atom is -0.352 e. The zero-order valence-corrected chi connectivity index (χ0v) is 13.3. The molecule has 18 heavy (non-hydrogen) atoms. The summed E-state index contributed by atoms with van der Waals surface area (Å²) in [5.41, 5.74) is 9.10. The molecule has 5 heteroatoms. The van der Waals surface area contributed by atoms with Crippen LogP contribution in [0.2, 0.25) is 0 Å². The third-order valence-corrected chi connectivity index (χ3v) is 3.09. The van der Waals surface area contributed by atoms with Crippen LogP contribution >= 0.6 is 28.3 Å². The third-order valence-electron chi connectivity index (χ3n) is 2.63. The molecular weight excluding hydrogens is 316 g/mol. The van der Waals surface area contributed by atoms with Crippen LogP contribution in [0.5, 0.6) is 0 Å². The molecule has 1 aromatic carbocycles. The van der Waals surface area contributed by atoms with E-state index in [0.717, 1.165) is 4.47 Å². The molecule has 3 N–H and O–H groups in total. The quantitative estimate of drug-likeness (QED) is 0.889. The lowest BCUT2D eigenvalue weighted by Crippen LogP contribution is -2.29. The molecule has 0 saturated carbocycles. The molecule has 0 aromatic heterocycles. The van der Waals surface area contributed by atoms with Gasteiger partial charge in [0, 0.05) is 23.5 Å². The van der Waals surface area contributed by atoms with Crippen LogP contribution in [0.4, 0.5) is 0 Å². The first-order chi connectivity index (χ1) is 7.90. The first-order valence-electron chi connectivity index (χ1n) is 5.68. The fourth-order valence-corrected chi connectivity index (χ4v) is 2.46. The van der Waals surface area contributed by atoms with E-state index in [1.165, 1.54) is 16.7 Å². The van der Waals surface area contributed by atoms with Crippen LogP contribution in [0.15, 0.2) is 16.6 Å². The summed E-state index contributed by atoms with van der Waals surface area (Å²) in [5.74, 6) is 0.00159. The molecule has 1 rings (SSSR count). The molecule has 0 bridgehead atoms. The number of hydrogen-bond donors (Lipinski definition) is 2. The third kappa shape index (κ3) is 5.38. The van der Waals surface area contributed by atoms with Crippen molar-refractivity contribution in [1.29, 1.82) is 0 Å². The van der Waals surface area contributed by atoms with E-state index in [1.807, 2.05) is 20.8 Å². The monoisotopic (exact) mass is 334 g/mol. The molecule has 1 atom stereocenters. The molecule has 0 aliphatic carbocycles. The van der Waals surface area contributed by atoms with Gasteiger partial charge in [0.1, 0.15) is 0 Å². The lowest BCUT2D eigenvalue weighted by atomic mass is 10.0. The van der Waals surface area contributed by atoms with Gasteiger partial charge in [-0.2, -0.15) is 0 Å². The number of carbonyl (C=O) groups is 1. The minimum absolute atomic E-state index is 0. The summed E-state index contributed by atoms with van der Waals surface area (Å²) in [5, 5.41) is 2.90. The summed E-state index contributed by atoms with van der Waals surface area (Å²) in [6.07, 6.45) is 0.370. The molecule has 0 fully saturated rings. The first-order valence-corrected chi connectivity index (χ1v) is 6.47. The number of carbonyl (C=O) groups excluding carboxylic acids is 1. The highest BCUT2D eigenvalue weighted by molar-refractivity contribution is 9.10. The summed E-state index contributed by atoms with van der Waals surface area (Å²) >= 11 is 3.46. The van der Waals surface area contributed by atoms with E-state index >= 15 is 0 Å². The van der Waals surface area contributed by atoms with Crippen molar-refractivity contribution in [3.63, 3.8) is 0 Å². The molecule has 1 aromatic rings. The zero-order chi connectivity index (χ0) is 13.0. The standard InChI is InChI=1S/C13H19BrN2O.ClH/c1-8-4-11(14)5-9(2)12(8)7-16-13(17)6-10(3)15;/h4-5,10H,6-7,15H2,1-3H3,(H,16,17);1H. The smallest absolute Gasteiger partial charge is 0.221 e. The largest absolute Gasteiger partial charge is 0.352 e. The van der Waals surface area contributed by atoms with Gasteiger partial charge in [-0.15, -0.1) is 12.4 Å². The van der Waals surface area contributed by atoms with Gasteiger partial charge in [-0.25, -0.2) is 0 Å². The second kappa shape index (κ2) is 7.77. The van der Waals surface area contributed by atoms with Gasteiger partial charge >= 0.3 is 0 Å². The van der Waals surface area contributed by atoms with E-state index in [-0.39, 0.29) is 24.4 Å². The normalized spacial score (nSPS) is 11.6. The summed E-state index contributed by atoms with van der Waals surface area (Å²) in [7, 11) is 0. The number of rotatable bonds is 4. The van der Waals surface area contributed by atoms with Crippen molar-refractivity contribution in [2.24, 2.45) is 5.73 Å². The van der Waals surface area contributed by atoms with Crippen LogP contribution in [0.25, 0.3) is 0 Å². The maximum Gasteiger partial charge on any atom is 0.221 e. The van der Waals surface area contributed by atoms with Gasteiger partial charge in [-0.05, 0) is 49.6 Å². The summed E-state index contributed by atoms with van der Waals surface area (Å²) in [6.45, 7) is 6.49. The predicted octanol–water partition coefficient (Wildman–Crippen LogP) is 2.84. The van der Waals surface area contributed by atoms with E-state index in [2.05, 4.69) is 33.4 Å². The molecule has 102 valence electrons. The minimum atomic E-state index is -0.0953. The molecule has 0 aliphatic heterocycles. The number of aryl methyl sites for hydroxylation is 2. The van der Waals surface area contributed by atoms with Crippen LogP contribution in [-0.2, 0) is 11.3 Å². The maximum absolute atomic E-state index is 11.5. The lowest BCUT2D eigenvalue weighted by molar-refractivity contribution is -0.121. The van der Waals surface area contributed by atoms with Gasteiger partial charge in [0.25, 0.3) is 0 Å². The molecular formula is C13H20BrClN2O. The summed E-state index contributed by atoms with van der Waals surface area (Å²) in [6, 6.07) is 4.02. The van der Waals surface area contributed by atoms with Gasteiger partial charge < -0.3 is 11.1 Å². The highest BCUT2D eigenvalue weighted by Crippen LogP contribution is 2.20. The second-order valence-electron chi connectivity index (χ2n) is 4.48. The van der Waals surface area contributed by atoms with Gasteiger partial charge in [0.2, 0.25) is 5.91 Å². The van der Waals surface area contributed by atoms with Crippen molar-refractivity contribution in [3.8, 4) is 0 Å². The average Bonchev–Trinajstić information content (AvgIpc) is 2.14. The van der Waals surface area contributed by atoms with Crippen molar-refractivity contribution in [2.45, 2.75) is 39.8 Å². The number of nitrogens with two attached hydrogens (primary N) is 1. The Kier molecular flexibility index (Phi) is 7.52. The predicted molar refractivity (Wildman–Crippen MR) is 81.0 cm³/mol. The van der Waals surface area contributed by atoms with Gasteiger partial charge in [0.15, 0.2) is 0 Å². The second-order valence-corrected chi connectivity index (χ2v) is 5.39. The molecule has 0 heterocycles.